The van der Waals surface area contributed by atoms with Crippen molar-refractivity contribution in [3.63, 3.8) is 0 Å². The van der Waals surface area contributed by atoms with E-state index in [-0.39, 0.29) is 9.90 Å². The number of methoxy groups -OCH3 is 1. The Morgan fingerprint density at radius 1 is 1.27 bits per heavy atom. The molecule has 0 saturated heterocycles. The first kappa shape index (κ1) is 16.9. The van der Waals surface area contributed by atoms with Gasteiger partial charge in [-0.25, -0.2) is 4.79 Å². The van der Waals surface area contributed by atoms with Crippen molar-refractivity contribution in [2.45, 2.75) is 13.0 Å². The van der Waals surface area contributed by atoms with Gasteiger partial charge in [-0.05, 0) is 19.1 Å². The highest BCUT2D eigenvalue weighted by Crippen LogP contribution is 2.43. The summed E-state index contributed by atoms with van der Waals surface area (Å²) >= 11 is 13.5. The Bertz CT molecular complexity index is 744. The van der Waals surface area contributed by atoms with E-state index in [1.165, 1.54) is 21.1 Å². The Morgan fingerprint density at radius 3 is 2.55 bits per heavy atom. The van der Waals surface area contributed by atoms with Crippen molar-refractivity contribution < 1.29 is 19.1 Å². The first-order chi connectivity index (χ1) is 10.4. The maximum absolute atomic E-state index is 12.2. The van der Waals surface area contributed by atoms with E-state index < -0.39 is 18.0 Å². The van der Waals surface area contributed by atoms with Crippen LogP contribution in [0.3, 0.4) is 0 Å². The molecular weight excluding hydrogens is 349 g/mol. The Morgan fingerprint density at radius 2 is 1.95 bits per heavy atom. The molecule has 118 valence electrons. The van der Waals surface area contributed by atoms with Gasteiger partial charge in [0.1, 0.15) is 15.6 Å². The molecule has 1 heterocycles. The van der Waals surface area contributed by atoms with Gasteiger partial charge >= 0.3 is 5.97 Å². The Hall–Kier alpha value is -1.50. The molecule has 0 unspecified atom stereocenters. The van der Waals surface area contributed by atoms with E-state index in [4.69, 9.17) is 32.7 Å². The molecule has 1 amide bonds. The number of amides is 1. The Kier molecular flexibility index (Phi) is 5.16. The summed E-state index contributed by atoms with van der Waals surface area (Å²) in [6.45, 7) is 1.48. The first-order valence-electron chi connectivity index (χ1n) is 6.27. The van der Waals surface area contributed by atoms with Crippen molar-refractivity contribution in [2.75, 3.05) is 14.2 Å². The van der Waals surface area contributed by atoms with Crippen molar-refractivity contribution >= 4 is 56.5 Å². The molecule has 0 aliphatic carbocycles. The van der Waals surface area contributed by atoms with E-state index in [0.29, 0.717) is 20.9 Å². The van der Waals surface area contributed by atoms with Gasteiger partial charge < -0.3 is 14.8 Å². The molecule has 1 N–H and O–H groups in total. The zero-order valence-electron chi connectivity index (χ0n) is 12.0. The van der Waals surface area contributed by atoms with Crippen LogP contribution in [0.5, 0.6) is 5.75 Å². The number of benzene rings is 1. The molecule has 1 atom stereocenters. The number of carbonyl (C=O) groups is 2. The number of rotatable bonds is 4. The van der Waals surface area contributed by atoms with Crippen molar-refractivity contribution in [2.24, 2.45) is 0 Å². The van der Waals surface area contributed by atoms with Crippen LogP contribution in [0.2, 0.25) is 10.0 Å². The van der Waals surface area contributed by atoms with Gasteiger partial charge in [-0.3, -0.25) is 4.79 Å². The van der Waals surface area contributed by atoms with E-state index in [9.17, 15) is 9.59 Å². The minimum absolute atomic E-state index is 0.197. The number of hydrogen-bond donors (Lipinski definition) is 1. The second kappa shape index (κ2) is 6.73. The highest BCUT2D eigenvalue weighted by molar-refractivity contribution is 7.22. The average molecular weight is 362 g/mol. The largest absolute Gasteiger partial charge is 0.495 e. The number of hydrogen-bond acceptors (Lipinski definition) is 5. The molecule has 0 fully saturated rings. The molecule has 2 aromatic rings. The maximum atomic E-state index is 12.2. The van der Waals surface area contributed by atoms with Crippen LogP contribution in [0.15, 0.2) is 12.1 Å². The second-order valence-corrected chi connectivity index (χ2v) is 6.14. The highest BCUT2D eigenvalue weighted by Gasteiger charge is 2.24. The molecule has 0 saturated carbocycles. The Labute approximate surface area is 141 Å². The number of thiophene rings is 1. The minimum Gasteiger partial charge on any atom is -0.495 e. The van der Waals surface area contributed by atoms with Gasteiger partial charge in [0.25, 0.3) is 5.91 Å². The summed E-state index contributed by atoms with van der Waals surface area (Å²) in [4.78, 5) is 23.8. The number of halogens is 2. The first-order valence-corrected chi connectivity index (χ1v) is 7.85. The van der Waals surface area contributed by atoms with E-state index in [2.05, 4.69) is 5.32 Å². The summed E-state index contributed by atoms with van der Waals surface area (Å²) in [6, 6.07) is 3.39. The van der Waals surface area contributed by atoms with Crippen LogP contribution in [0, 0.1) is 0 Å². The number of carbonyl (C=O) groups excluding carboxylic acids is 2. The second-order valence-electron chi connectivity index (χ2n) is 4.37. The van der Waals surface area contributed by atoms with Crippen LogP contribution in [0.25, 0.3) is 10.1 Å². The van der Waals surface area contributed by atoms with Crippen LogP contribution in [0.1, 0.15) is 16.6 Å². The minimum atomic E-state index is -0.913. The number of ether oxygens (including phenoxy) is 2. The number of fused-ring (bicyclic) bond motifs is 1. The van der Waals surface area contributed by atoms with Gasteiger partial charge in [-0.1, -0.05) is 23.2 Å². The lowest BCUT2D eigenvalue weighted by atomic mass is 10.2. The molecule has 0 spiro atoms. The van der Waals surface area contributed by atoms with Crippen molar-refractivity contribution in [3.05, 3.63) is 27.1 Å². The standard InChI is InChI=1S/C14H13Cl2NO4S/c1-6(13(18)17-2)21-14(19)12-9(15)7-4-5-8(20-3)10(16)11(7)22-12/h4-6H,1-3H3,(H,17,18)/t6-/m1/s1. The predicted octanol–water partition coefficient (Wildman–Crippen LogP) is 3.51. The van der Waals surface area contributed by atoms with Crippen LogP contribution in [-0.4, -0.2) is 32.1 Å². The van der Waals surface area contributed by atoms with E-state index >= 15 is 0 Å². The highest BCUT2D eigenvalue weighted by atomic mass is 35.5. The normalized spacial score (nSPS) is 12.0. The zero-order chi connectivity index (χ0) is 16.4. The molecule has 0 aliphatic heterocycles. The van der Waals surface area contributed by atoms with Gasteiger partial charge in [-0.15, -0.1) is 11.3 Å². The van der Waals surface area contributed by atoms with Gasteiger partial charge in [0.05, 0.1) is 16.8 Å². The molecule has 1 aromatic carbocycles. The topological polar surface area (TPSA) is 64.6 Å². The van der Waals surface area contributed by atoms with E-state index in [1.54, 1.807) is 12.1 Å². The summed E-state index contributed by atoms with van der Waals surface area (Å²) in [7, 11) is 2.97. The Balaban J connectivity index is 2.40. The van der Waals surface area contributed by atoms with Crippen LogP contribution < -0.4 is 10.1 Å². The van der Waals surface area contributed by atoms with E-state index in [1.807, 2.05) is 0 Å². The van der Waals surface area contributed by atoms with Crippen molar-refractivity contribution in [1.29, 1.82) is 0 Å². The summed E-state index contributed by atoms with van der Waals surface area (Å²) in [6.07, 6.45) is -0.913. The van der Waals surface area contributed by atoms with E-state index in [0.717, 1.165) is 11.3 Å². The number of likely N-dealkylation sites (N-methyl/N-ethyl adjacent to an activating group) is 1. The summed E-state index contributed by atoms with van der Waals surface area (Å²) in [5.74, 6) is -0.576. The van der Waals surface area contributed by atoms with Crippen LogP contribution in [0.4, 0.5) is 0 Å². The SMILES string of the molecule is CNC(=O)[C@@H](C)OC(=O)c1sc2c(Cl)c(OC)ccc2c1Cl. The van der Waals surface area contributed by atoms with Crippen molar-refractivity contribution in [1.82, 2.24) is 5.32 Å². The summed E-state index contributed by atoms with van der Waals surface area (Å²) in [5, 5.41) is 3.67. The molecule has 1 aromatic heterocycles. The monoisotopic (exact) mass is 361 g/mol. The smallest absolute Gasteiger partial charge is 0.350 e. The molecule has 0 radical (unpaired) electrons. The molecule has 2 rings (SSSR count). The molecule has 0 aliphatic rings. The third-order valence-electron chi connectivity index (χ3n) is 3.01. The van der Waals surface area contributed by atoms with Crippen molar-refractivity contribution in [3.8, 4) is 5.75 Å². The molecule has 5 nitrogen and oxygen atoms in total. The lowest BCUT2D eigenvalue weighted by Crippen LogP contribution is -2.33. The summed E-state index contributed by atoms with van der Waals surface area (Å²) < 4.78 is 10.9. The fourth-order valence-corrected chi connectivity index (χ4v) is 3.61. The average Bonchev–Trinajstić information content (AvgIpc) is 2.85. The maximum Gasteiger partial charge on any atom is 0.350 e. The quantitative estimate of drug-likeness (QED) is 0.846. The third kappa shape index (κ3) is 2.99. The van der Waals surface area contributed by atoms with Crippen LogP contribution in [-0.2, 0) is 9.53 Å². The van der Waals surface area contributed by atoms with Gasteiger partial charge in [0.2, 0.25) is 0 Å². The van der Waals surface area contributed by atoms with Gasteiger partial charge in [-0.2, -0.15) is 0 Å². The predicted molar refractivity (Wildman–Crippen MR) is 87.3 cm³/mol. The van der Waals surface area contributed by atoms with Gasteiger partial charge in [0.15, 0.2) is 6.10 Å². The third-order valence-corrected chi connectivity index (χ3v) is 5.20. The number of nitrogens with one attached hydrogen (secondary N) is 1. The fourth-order valence-electron chi connectivity index (χ4n) is 1.84. The lowest BCUT2D eigenvalue weighted by molar-refractivity contribution is -0.128. The fraction of sp³-hybridized carbons (Fsp3) is 0.286. The molecule has 8 heteroatoms. The van der Waals surface area contributed by atoms with Gasteiger partial charge in [0, 0.05) is 12.4 Å². The molecule has 0 bridgehead atoms. The van der Waals surface area contributed by atoms with Crippen LogP contribution >= 0.6 is 34.5 Å². The molecule has 22 heavy (non-hydrogen) atoms. The number of esters is 1. The lowest BCUT2D eigenvalue weighted by Gasteiger charge is -2.10. The molecular formula is C14H13Cl2NO4S. The zero-order valence-corrected chi connectivity index (χ0v) is 14.4. The summed E-state index contributed by atoms with van der Waals surface area (Å²) in [5.41, 5.74) is 0.